The first-order valence-electron chi connectivity index (χ1n) is 5.79. The molecule has 2 rings (SSSR count). The van der Waals surface area contributed by atoms with Crippen LogP contribution in [0.25, 0.3) is 0 Å². The monoisotopic (exact) mass is 415 g/mol. The number of hydrogen-bond donors (Lipinski definition) is 0. The van der Waals surface area contributed by atoms with E-state index in [0.717, 1.165) is 9.65 Å². The number of amides is 1. The molecule has 0 atom stereocenters. The van der Waals surface area contributed by atoms with E-state index < -0.39 is 11.7 Å². The third-order valence-corrected chi connectivity index (χ3v) is 4.20. The van der Waals surface area contributed by atoms with Crippen molar-refractivity contribution in [3.8, 4) is 0 Å². The minimum Gasteiger partial charge on any atom is -0.335 e. The normalized spacial score (nSPS) is 16.1. The van der Waals surface area contributed by atoms with Crippen molar-refractivity contribution in [3.63, 3.8) is 0 Å². The standard InChI is InChI=1S/C13H10ClF3INO/c14-9-1-2-11(18)10(7-9)12(20)19-5-3-8(4-6-19)13(15,16)17/h1-3,7H,4-6H2. The fraction of sp³-hybridized carbons (Fsp3) is 0.308. The molecule has 0 aromatic heterocycles. The van der Waals surface area contributed by atoms with Crippen LogP contribution in [0.1, 0.15) is 16.8 Å². The number of carbonyl (C=O) groups is 1. The number of halogens is 5. The lowest BCUT2D eigenvalue weighted by Crippen LogP contribution is -2.37. The van der Waals surface area contributed by atoms with E-state index in [-0.39, 0.29) is 25.4 Å². The van der Waals surface area contributed by atoms with Crippen LogP contribution in [-0.2, 0) is 0 Å². The second-order valence-corrected chi connectivity index (χ2v) is 5.95. The zero-order valence-corrected chi connectivity index (χ0v) is 13.1. The summed E-state index contributed by atoms with van der Waals surface area (Å²) in [4.78, 5) is 13.7. The van der Waals surface area contributed by atoms with Crippen molar-refractivity contribution < 1.29 is 18.0 Å². The lowest BCUT2D eigenvalue weighted by atomic mass is 10.1. The summed E-state index contributed by atoms with van der Waals surface area (Å²) in [5, 5.41) is 0.428. The molecule has 0 N–H and O–H groups in total. The minimum absolute atomic E-state index is 0.0315. The highest BCUT2D eigenvalue weighted by Crippen LogP contribution is 2.30. The summed E-state index contributed by atoms with van der Waals surface area (Å²) >= 11 is 7.85. The molecular formula is C13H10ClF3INO. The Morgan fingerprint density at radius 1 is 1.35 bits per heavy atom. The molecule has 0 bridgehead atoms. The second-order valence-electron chi connectivity index (χ2n) is 4.35. The largest absolute Gasteiger partial charge is 0.412 e. The molecule has 0 spiro atoms. The van der Waals surface area contributed by atoms with E-state index in [1.165, 1.54) is 11.0 Å². The Morgan fingerprint density at radius 3 is 2.60 bits per heavy atom. The third-order valence-electron chi connectivity index (χ3n) is 3.02. The van der Waals surface area contributed by atoms with Crippen LogP contribution in [0.2, 0.25) is 5.02 Å². The van der Waals surface area contributed by atoms with E-state index in [0.29, 0.717) is 10.6 Å². The first-order valence-corrected chi connectivity index (χ1v) is 7.25. The molecule has 0 radical (unpaired) electrons. The van der Waals surface area contributed by atoms with Crippen LogP contribution >= 0.6 is 34.2 Å². The molecule has 1 amide bonds. The lowest BCUT2D eigenvalue weighted by Gasteiger charge is -2.27. The Hall–Kier alpha value is -0.760. The molecule has 108 valence electrons. The Morgan fingerprint density at radius 2 is 2.05 bits per heavy atom. The Kier molecular flexibility index (Phi) is 4.63. The quantitative estimate of drug-likeness (QED) is 0.495. The molecule has 0 unspecified atom stereocenters. The molecule has 0 aliphatic carbocycles. The molecule has 1 aromatic rings. The molecule has 1 aliphatic heterocycles. The van der Waals surface area contributed by atoms with Crippen LogP contribution in [0.3, 0.4) is 0 Å². The van der Waals surface area contributed by atoms with Gasteiger partial charge < -0.3 is 4.90 Å². The molecule has 0 saturated carbocycles. The smallest absolute Gasteiger partial charge is 0.335 e. The molecular weight excluding hydrogens is 406 g/mol. The maximum Gasteiger partial charge on any atom is 0.412 e. The number of alkyl halides is 3. The number of carbonyl (C=O) groups excluding carboxylic acids is 1. The molecule has 0 fully saturated rings. The molecule has 1 aromatic carbocycles. The van der Waals surface area contributed by atoms with Crippen molar-refractivity contribution >= 4 is 40.1 Å². The zero-order chi connectivity index (χ0) is 14.9. The van der Waals surface area contributed by atoms with Gasteiger partial charge in [0.1, 0.15) is 0 Å². The second kappa shape index (κ2) is 5.93. The van der Waals surface area contributed by atoms with Gasteiger partial charge >= 0.3 is 6.18 Å². The van der Waals surface area contributed by atoms with Crippen LogP contribution in [-0.4, -0.2) is 30.1 Å². The number of hydrogen-bond acceptors (Lipinski definition) is 1. The summed E-state index contributed by atoms with van der Waals surface area (Å²) in [5.74, 6) is -0.297. The molecule has 20 heavy (non-hydrogen) atoms. The van der Waals surface area contributed by atoms with Gasteiger partial charge in [-0.1, -0.05) is 17.7 Å². The van der Waals surface area contributed by atoms with Crippen molar-refractivity contribution in [3.05, 3.63) is 44.0 Å². The number of benzene rings is 1. The van der Waals surface area contributed by atoms with Crippen LogP contribution < -0.4 is 0 Å². The van der Waals surface area contributed by atoms with Crippen molar-refractivity contribution in [1.29, 1.82) is 0 Å². The van der Waals surface area contributed by atoms with Crippen LogP contribution in [0.15, 0.2) is 29.8 Å². The predicted octanol–water partition coefficient (Wildman–Crippen LogP) is 4.28. The van der Waals surface area contributed by atoms with E-state index in [2.05, 4.69) is 0 Å². The summed E-state index contributed by atoms with van der Waals surface area (Å²) in [6, 6.07) is 4.91. The topological polar surface area (TPSA) is 20.3 Å². The van der Waals surface area contributed by atoms with Gasteiger partial charge in [0, 0.05) is 27.3 Å². The predicted molar refractivity (Wildman–Crippen MR) is 78.8 cm³/mol. The van der Waals surface area contributed by atoms with Gasteiger partial charge in [0.2, 0.25) is 0 Å². The molecule has 1 heterocycles. The molecule has 7 heteroatoms. The summed E-state index contributed by atoms with van der Waals surface area (Å²) in [5.41, 5.74) is -0.149. The van der Waals surface area contributed by atoms with Gasteiger partial charge in [-0.25, -0.2) is 0 Å². The summed E-state index contributed by atoms with van der Waals surface area (Å²) in [6.07, 6.45) is -3.41. The maximum absolute atomic E-state index is 12.5. The van der Waals surface area contributed by atoms with E-state index in [1.54, 1.807) is 12.1 Å². The van der Waals surface area contributed by atoms with E-state index in [1.807, 2.05) is 22.6 Å². The highest BCUT2D eigenvalue weighted by molar-refractivity contribution is 14.1. The van der Waals surface area contributed by atoms with Gasteiger partial charge in [0.15, 0.2) is 0 Å². The fourth-order valence-corrected chi connectivity index (χ4v) is 2.68. The van der Waals surface area contributed by atoms with Crippen molar-refractivity contribution in [1.82, 2.24) is 4.90 Å². The SMILES string of the molecule is O=C(c1cc(Cl)ccc1I)N1CC=C(C(F)(F)F)CC1. The first-order chi connectivity index (χ1) is 9.29. The van der Waals surface area contributed by atoms with Gasteiger partial charge in [0.25, 0.3) is 5.91 Å². The van der Waals surface area contributed by atoms with Crippen molar-refractivity contribution in [2.45, 2.75) is 12.6 Å². The summed E-state index contributed by atoms with van der Waals surface area (Å²) in [6.45, 7) is 0.0308. The Labute approximate surface area is 132 Å². The van der Waals surface area contributed by atoms with Crippen LogP contribution in [0.4, 0.5) is 13.2 Å². The Bertz CT molecular complexity index is 571. The average Bonchev–Trinajstić information content (AvgIpc) is 2.40. The fourth-order valence-electron chi connectivity index (χ4n) is 1.94. The van der Waals surface area contributed by atoms with E-state index in [4.69, 9.17) is 11.6 Å². The average molecular weight is 416 g/mol. The van der Waals surface area contributed by atoms with Gasteiger partial charge in [0.05, 0.1) is 5.56 Å². The zero-order valence-electron chi connectivity index (χ0n) is 10.2. The van der Waals surface area contributed by atoms with Gasteiger partial charge in [-0.3, -0.25) is 4.79 Å². The Balaban J connectivity index is 2.17. The molecule has 2 nitrogen and oxygen atoms in total. The van der Waals surface area contributed by atoms with Gasteiger partial charge in [-0.2, -0.15) is 13.2 Å². The molecule has 1 aliphatic rings. The minimum atomic E-state index is -4.31. The van der Waals surface area contributed by atoms with Crippen molar-refractivity contribution in [2.75, 3.05) is 13.1 Å². The maximum atomic E-state index is 12.5. The van der Waals surface area contributed by atoms with E-state index in [9.17, 15) is 18.0 Å². The number of rotatable bonds is 1. The van der Waals surface area contributed by atoms with Crippen LogP contribution in [0, 0.1) is 3.57 Å². The highest BCUT2D eigenvalue weighted by Gasteiger charge is 2.35. The summed E-state index contributed by atoms with van der Waals surface area (Å²) < 4.78 is 38.3. The third kappa shape index (κ3) is 3.46. The lowest BCUT2D eigenvalue weighted by molar-refractivity contribution is -0.0957. The first kappa shape index (κ1) is 15.6. The number of nitrogens with zero attached hydrogens (tertiary/aromatic N) is 1. The summed E-state index contributed by atoms with van der Waals surface area (Å²) in [7, 11) is 0. The van der Waals surface area contributed by atoms with Crippen molar-refractivity contribution in [2.24, 2.45) is 0 Å². The van der Waals surface area contributed by atoms with E-state index >= 15 is 0 Å². The van der Waals surface area contributed by atoms with Gasteiger partial charge in [-0.15, -0.1) is 0 Å². The highest BCUT2D eigenvalue weighted by atomic mass is 127. The molecule has 0 saturated heterocycles. The van der Waals surface area contributed by atoms with Gasteiger partial charge in [-0.05, 0) is 47.2 Å². The van der Waals surface area contributed by atoms with Crippen LogP contribution in [0.5, 0.6) is 0 Å².